The number of nitrogens with one attached hydrogen (secondary N) is 2. The van der Waals surface area contributed by atoms with Crippen LogP contribution in [0.4, 0.5) is 0 Å². The highest BCUT2D eigenvalue weighted by Gasteiger charge is 2.03. The van der Waals surface area contributed by atoms with Crippen LogP contribution in [0.2, 0.25) is 0 Å². The maximum Gasteiger partial charge on any atom is 0.191 e. The van der Waals surface area contributed by atoms with Crippen molar-refractivity contribution in [1.82, 2.24) is 25.4 Å². The average Bonchev–Trinajstić information content (AvgIpc) is 3.33. The van der Waals surface area contributed by atoms with Gasteiger partial charge >= 0.3 is 0 Å². The summed E-state index contributed by atoms with van der Waals surface area (Å²) in [5.41, 5.74) is 3.32. The van der Waals surface area contributed by atoms with E-state index in [1.54, 1.807) is 6.20 Å². The molecule has 0 fully saturated rings. The summed E-state index contributed by atoms with van der Waals surface area (Å²) >= 11 is 0. The lowest BCUT2D eigenvalue weighted by atomic mass is 10.1. The highest BCUT2D eigenvalue weighted by atomic mass is 127. The molecule has 4 aromatic rings. The molecule has 2 N–H and O–H groups in total. The van der Waals surface area contributed by atoms with Crippen molar-refractivity contribution >= 4 is 40.7 Å². The zero-order valence-corrected chi connectivity index (χ0v) is 19.9. The fourth-order valence-corrected chi connectivity index (χ4v) is 3.37. The summed E-state index contributed by atoms with van der Waals surface area (Å²) < 4.78 is 1.86. The smallest absolute Gasteiger partial charge is 0.191 e. The Morgan fingerprint density at radius 2 is 1.81 bits per heavy atom. The molecule has 0 radical (unpaired) electrons. The Kier molecular flexibility index (Phi) is 8.40. The van der Waals surface area contributed by atoms with E-state index in [9.17, 15) is 0 Å². The molecule has 2 heterocycles. The molecule has 0 aliphatic rings. The lowest BCUT2D eigenvalue weighted by Crippen LogP contribution is -2.38. The van der Waals surface area contributed by atoms with Gasteiger partial charge < -0.3 is 10.6 Å². The molecule has 0 unspecified atom stereocenters. The number of fused-ring (bicyclic) bond motifs is 1. The molecule has 0 atom stereocenters. The van der Waals surface area contributed by atoms with Crippen LogP contribution in [-0.2, 0) is 13.0 Å². The molecule has 31 heavy (non-hydrogen) atoms. The first-order valence-electron chi connectivity index (χ1n) is 10.3. The molecule has 0 saturated heterocycles. The van der Waals surface area contributed by atoms with E-state index in [2.05, 4.69) is 64.0 Å². The summed E-state index contributed by atoms with van der Waals surface area (Å²) in [6.07, 6.45) is 6.49. The van der Waals surface area contributed by atoms with Crippen LogP contribution in [0.5, 0.6) is 0 Å². The van der Waals surface area contributed by atoms with Crippen molar-refractivity contribution in [1.29, 1.82) is 0 Å². The van der Waals surface area contributed by atoms with Gasteiger partial charge in [0.05, 0.1) is 17.9 Å². The van der Waals surface area contributed by atoms with Crippen LogP contribution in [0.3, 0.4) is 0 Å². The van der Waals surface area contributed by atoms with Gasteiger partial charge in [0.1, 0.15) is 0 Å². The Balaban J connectivity index is 0.00000272. The Morgan fingerprint density at radius 3 is 2.58 bits per heavy atom. The second kappa shape index (κ2) is 11.5. The van der Waals surface area contributed by atoms with Gasteiger partial charge in [-0.3, -0.25) is 4.98 Å². The van der Waals surface area contributed by atoms with E-state index in [0.717, 1.165) is 42.2 Å². The zero-order chi connectivity index (χ0) is 20.6. The van der Waals surface area contributed by atoms with E-state index in [4.69, 9.17) is 4.99 Å². The van der Waals surface area contributed by atoms with Gasteiger partial charge in [0.25, 0.3) is 0 Å². The standard InChI is InChI=1S/C24H26N6.HI/c1-2-25-24(28-18-23-22-7-4-3-6-20(22)13-16-26-23)27-15-12-19-8-10-21(11-9-19)30-17-5-14-29-30;/h3-11,13-14,16-17H,2,12,15,18H2,1H3,(H2,25,27,28);1H. The Bertz CT molecular complexity index is 1100. The number of halogens is 1. The van der Waals surface area contributed by atoms with E-state index in [1.165, 1.54) is 10.9 Å². The van der Waals surface area contributed by atoms with Crippen molar-refractivity contribution in [3.63, 3.8) is 0 Å². The maximum absolute atomic E-state index is 4.73. The minimum absolute atomic E-state index is 0. The van der Waals surface area contributed by atoms with Crippen molar-refractivity contribution < 1.29 is 0 Å². The Hall–Kier alpha value is -2.94. The topological polar surface area (TPSA) is 67.1 Å². The first-order valence-corrected chi connectivity index (χ1v) is 10.3. The third kappa shape index (κ3) is 6.04. The highest BCUT2D eigenvalue weighted by molar-refractivity contribution is 14.0. The second-order valence-corrected chi connectivity index (χ2v) is 6.97. The summed E-state index contributed by atoms with van der Waals surface area (Å²) in [6.45, 7) is 4.22. The van der Waals surface area contributed by atoms with E-state index in [0.29, 0.717) is 6.54 Å². The molecule has 0 aliphatic heterocycles. The quantitative estimate of drug-likeness (QED) is 0.214. The molecule has 2 aromatic heterocycles. The Labute approximate surface area is 199 Å². The molecule has 160 valence electrons. The van der Waals surface area contributed by atoms with E-state index in [1.807, 2.05) is 41.3 Å². The van der Waals surface area contributed by atoms with Crippen molar-refractivity contribution in [3.05, 3.63) is 90.5 Å². The summed E-state index contributed by atoms with van der Waals surface area (Å²) in [7, 11) is 0. The normalized spacial score (nSPS) is 11.2. The van der Waals surface area contributed by atoms with Gasteiger partial charge in [-0.1, -0.05) is 36.4 Å². The van der Waals surface area contributed by atoms with Gasteiger partial charge in [0.2, 0.25) is 0 Å². The van der Waals surface area contributed by atoms with Crippen molar-refractivity contribution in [3.8, 4) is 5.69 Å². The summed E-state index contributed by atoms with van der Waals surface area (Å²) in [4.78, 5) is 9.26. The predicted octanol–water partition coefficient (Wildman–Crippen LogP) is 4.34. The van der Waals surface area contributed by atoms with Crippen LogP contribution in [-0.4, -0.2) is 33.8 Å². The van der Waals surface area contributed by atoms with Crippen LogP contribution in [0.15, 0.2) is 84.2 Å². The van der Waals surface area contributed by atoms with Crippen LogP contribution in [0, 0.1) is 0 Å². The lowest BCUT2D eigenvalue weighted by Gasteiger charge is -2.12. The van der Waals surface area contributed by atoms with E-state index in [-0.39, 0.29) is 24.0 Å². The minimum atomic E-state index is 0. The third-order valence-corrected chi connectivity index (χ3v) is 4.90. The number of rotatable bonds is 7. The molecule has 7 heteroatoms. The number of aromatic nitrogens is 3. The fourth-order valence-electron chi connectivity index (χ4n) is 3.37. The number of pyridine rings is 1. The number of hydrogen-bond acceptors (Lipinski definition) is 3. The molecule has 0 saturated carbocycles. The largest absolute Gasteiger partial charge is 0.357 e. The molecule has 4 rings (SSSR count). The number of benzene rings is 2. The zero-order valence-electron chi connectivity index (χ0n) is 17.5. The molecule has 0 aliphatic carbocycles. The number of guanidine groups is 1. The second-order valence-electron chi connectivity index (χ2n) is 6.97. The van der Waals surface area contributed by atoms with Gasteiger partial charge in [-0.25, -0.2) is 9.67 Å². The molecule has 2 aromatic carbocycles. The van der Waals surface area contributed by atoms with Gasteiger partial charge in [-0.2, -0.15) is 5.10 Å². The SMILES string of the molecule is CCNC(=NCc1nccc2ccccc12)NCCc1ccc(-n2cccn2)cc1.I. The van der Waals surface area contributed by atoms with Crippen LogP contribution in [0.25, 0.3) is 16.5 Å². The van der Waals surface area contributed by atoms with E-state index < -0.39 is 0 Å². The molecule has 0 amide bonds. The predicted molar refractivity (Wildman–Crippen MR) is 137 cm³/mol. The van der Waals surface area contributed by atoms with Crippen LogP contribution < -0.4 is 10.6 Å². The molecule has 0 bridgehead atoms. The average molecular weight is 526 g/mol. The molecular weight excluding hydrogens is 499 g/mol. The van der Waals surface area contributed by atoms with Gasteiger partial charge in [-0.05, 0) is 48.6 Å². The molecule has 6 nitrogen and oxygen atoms in total. The Morgan fingerprint density at radius 1 is 0.968 bits per heavy atom. The van der Waals surface area contributed by atoms with Crippen molar-refractivity contribution in [2.75, 3.05) is 13.1 Å². The van der Waals surface area contributed by atoms with Gasteiger partial charge in [0, 0.05) is 37.1 Å². The van der Waals surface area contributed by atoms with Crippen LogP contribution in [0.1, 0.15) is 18.2 Å². The first-order chi connectivity index (χ1) is 14.8. The van der Waals surface area contributed by atoms with Gasteiger partial charge in [0.15, 0.2) is 5.96 Å². The van der Waals surface area contributed by atoms with E-state index >= 15 is 0 Å². The fraction of sp³-hybridized carbons (Fsp3) is 0.208. The summed E-state index contributed by atoms with van der Waals surface area (Å²) in [6, 6.07) is 20.7. The van der Waals surface area contributed by atoms with Crippen LogP contribution >= 0.6 is 24.0 Å². The first kappa shape index (κ1) is 22.7. The lowest BCUT2D eigenvalue weighted by molar-refractivity contribution is 0.797. The maximum atomic E-state index is 4.73. The molecular formula is C24H27IN6. The highest BCUT2D eigenvalue weighted by Crippen LogP contribution is 2.16. The number of hydrogen-bond donors (Lipinski definition) is 2. The number of nitrogens with zero attached hydrogens (tertiary/aromatic N) is 4. The van der Waals surface area contributed by atoms with Crippen molar-refractivity contribution in [2.45, 2.75) is 19.9 Å². The third-order valence-electron chi connectivity index (χ3n) is 4.90. The molecule has 0 spiro atoms. The number of aliphatic imine (C=N–C) groups is 1. The monoisotopic (exact) mass is 526 g/mol. The minimum Gasteiger partial charge on any atom is -0.357 e. The summed E-state index contributed by atoms with van der Waals surface area (Å²) in [5.74, 6) is 0.806. The van der Waals surface area contributed by atoms with Gasteiger partial charge in [-0.15, -0.1) is 24.0 Å². The summed E-state index contributed by atoms with van der Waals surface area (Å²) in [5, 5.41) is 13.3. The van der Waals surface area contributed by atoms with Crippen molar-refractivity contribution in [2.24, 2.45) is 4.99 Å².